The molecule has 1 saturated heterocycles. The van der Waals surface area contributed by atoms with Gasteiger partial charge in [-0.3, -0.25) is 9.69 Å². The first kappa shape index (κ1) is 21.5. The van der Waals surface area contributed by atoms with Gasteiger partial charge in [0.1, 0.15) is 17.6 Å². The van der Waals surface area contributed by atoms with E-state index in [1.807, 2.05) is 62.1 Å². The zero-order valence-corrected chi connectivity index (χ0v) is 18.6. The number of hydrogen-bond acceptors (Lipinski definition) is 6. The number of rotatable bonds is 5. The number of benzene rings is 1. The topological polar surface area (TPSA) is 76.0 Å². The second kappa shape index (κ2) is 8.77. The molecule has 2 aliphatic heterocycles. The SMILES string of the molecule is COC1C(c2ccc(C(=O)N(c3ncccc3C)[C@@H]3CCCNC3)cc2)=NOC1(C)C. The number of oxime groups is 1. The number of piperidine rings is 1. The zero-order chi connectivity index (χ0) is 22.0. The van der Waals surface area contributed by atoms with Gasteiger partial charge in [0.25, 0.3) is 5.91 Å². The Hall–Kier alpha value is -2.77. The van der Waals surface area contributed by atoms with Gasteiger partial charge in [0.05, 0.1) is 6.04 Å². The fourth-order valence-electron chi connectivity index (χ4n) is 4.33. The summed E-state index contributed by atoms with van der Waals surface area (Å²) < 4.78 is 5.61. The zero-order valence-electron chi connectivity index (χ0n) is 18.6. The molecule has 1 N–H and O–H groups in total. The summed E-state index contributed by atoms with van der Waals surface area (Å²) in [5.41, 5.74) is 2.70. The molecule has 164 valence electrons. The monoisotopic (exact) mass is 422 g/mol. The molecule has 0 saturated carbocycles. The maximum absolute atomic E-state index is 13.6. The molecule has 1 amide bonds. The minimum atomic E-state index is -0.528. The van der Waals surface area contributed by atoms with Crippen LogP contribution in [0.2, 0.25) is 0 Å². The lowest BCUT2D eigenvalue weighted by Gasteiger charge is -2.34. The molecule has 1 aromatic heterocycles. The number of carbonyl (C=O) groups excluding carboxylic acids is 1. The Morgan fingerprint density at radius 3 is 2.68 bits per heavy atom. The van der Waals surface area contributed by atoms with Crippen molar-refractivity contribution in [2.24, 2.45) is 5.16 Å². The molecular weight excluding hydrogens is 392 g/mol. The molecule has 7 nitrogen and oxygen atoms in total. The molecule has 0 radical (unpaired) electrons. The van der Waals surface area contributed by atoms with Crippen molar-refractivity contribution in [3.8, 4) is 0 Å². The first-order valence-corrected chi connectivity index (χ1v) is 10.8. The summed E-state index contributed by atoms with van der Waals surface area (Å²) in [4.78, 5) is 25.6. The smallest absolute Gasteiger partial charge is 0.259 e. The summed E-state index contributed by atoms with van der Waals surface area (Å²) in [5.74, 6) is 0.676. The van der Waals surface area contributed by atoms with Crippen molar-refractivity contribution in [1.82, 2.24) is 10.3 Å². The summed E-state index contributed by atoms with van der Waals surface area (Å²) in [6.45, 7) is 7.63. The third kappa shape index (κ3) is 4.20. The average molecular weight is 423 g/mol. The lowest BCUT2D eigenvalue weighted by Crippen LogP contribution is -2.49. The number of hydrogen-bond donors (Lipinski definition) is 1. The van der Waals surface area contributed by atoms with Crippen molar-refractivity contribution >= 4 is 17.4 Å². The van der Waals surface area contributed by atoms with E-state index in [1.54, 1.807) is 13.3 Å². The van der Waals surface area contributed by atoms with Crippen LogP contribution < -0.4 is 10.2 Å². The van der Waals surface area contributed by atoms with Crippen LogP contribution in [0.3, 0.4) is 0 Å². The number of aromatic nitrogens is 1. The second-order valence-electron chi connectivity index (χ2n) is 8.68. The van der Waals surface area contributed by atoms with Crippen LogP contribution in [-0.2, 0) is 9.57 Å². The van der Waals surface area contributed by atoms with Gasteiger partial charge in [-0.1, -0.05) is 23.4 Å². The average Bonchev–Trinajstić information content (AvgIpc) is 3.10. The van der Waals surface area contributed by atoms with E-state index < -0.39 is 5.60 Å². The van der Waals surface area contributed by atoms with Crippen LogP contribution in [-0.4, -0.2) is 54.5 Å². The number of aryl methyl sites for hydroxylation is 1. The summed E-state index contributed by atoms with van der Waals surface area (Å²) in [6, 6.07) is 11.5. The first-order valence-electron chi connectivity index (χ1n) is 10.8. The lowest BCUT2D eigenvalue weighted by molar-refractivity contribution is -0.0614. The quantitative estimate of drug-likeness (QED) is 0.800. The molecule has 7 heteroatoms. The van der Waals surface area contributed by atoms with E-state index >= 15 is 0 Å². The standard InChI is InChI=1S/C24H30N4O3/c1-16-7-5-14-26-22(16)28(19-8-6-13-25-15-19)23(29)18-11-9-17(10-12-18)20-21(30-4)24(2,3)31-27-20/h5,7,9-12,14,19,21,25H,6,8,13,15H2,1-4H3/t19-,21?/m1/s1. The molecule has 2 aromatic rings. The third-order valence-electron chi connectivity index (χ3n) is 5.99. The van der Waals surface area contributed by atoms with Gasteiger partial charge in [0, 0.05) is 31.0 Å². The number of carbonyl (C=O) groups is 1. The van der Waals surface area contributed by atoms with Gasteiger partial charge in [-0.25, -0.2) is 4.98 Å². The maximum Gasteiger partial charge on any atom is 0.259 e. The van der Waals surface area contributed by atoms with Crippen LogP contribution in [0.4, 0.5) is 5.82 Å². The van der Waals surface area contributed by atoms with Crippen LogP contribution in [0.25, 0.3) is 0 Å². The molecule has 0 spiro atoms. The van der Waals surface area contributed by atoms with Crippen molar-refractivity contribution in [1.29, 1.82) is 0 Å². The summed E-state index contributed by atoms with van der Waals surface area (Å²) in [5, 5.41) is 7.64. The van der Waals surface area contributed by atoms with Crippen LogP contribution >= 0.6 is 0 Å². The number of amides is 1. The van der Waals surface area contributed by atoms with E-state index in [9.17, 15) is 4.79 Å². The minimum Gasteiger partial charge on any atom is -0.386 e. The number of anilines is 1. The number of nitrogens with zero attached hydrogens (tertiary/aromatic N) is 3. The fraction of sp³-hybridized carbons (Fsp3) is 0.458. The highest BCUT2D eigenvalue weighted by molar-refractivity contribution is 6.08. The van der Waals surface area contributed by atoms with E-state index in [0.29, 0.717) is 5.56 Å². The van der Waals surface area contributed by atoms with Crippen LogP contribution in [0.5, 0.6) is 0 Å². The van der Waals surface area contributed by atoms with E-state index in [0.717, 1.165) is 48.6 Å². The largest absolute Gasteiger partial charge is 0.386 e. The second-order valence-corrected chi connectivity index (χ2v) is 8.68. The summed E-state index contributed by atoms with van der Waals surface area (Å²) in [7, 11) is 1.65. The Morgan fingerprint density at radius 2 is 2.03 bits per heavy atom. The number of nitrogens with one attached hydrogen (secondary N) is 1. The maximum atomic E-state index is 13.6. The van der Waals surface area contributed by atoms with E-state index in [-0.39, 0.29) is 18.1 Å². The van der Waals surface area contributed by atoms with Gasteiger partial charge in [0.15, 0.2) is 5.60 Å². The third-order valence-corrected chi connectivity index (χ3v) is 5.99. The Morgan fingerprint density at radius 1 is 1.26 bits per heavy atom. The highest BCUT2D eigenvalue weighted by Crippen LogP contribution is 2.29. The molecule has 1 fully saturated rings. The van der Waals surface area contributed by atoms with Gasteiger partial charge >= 0.3 is 0 Å². The van der Waals surface area contributed by atoms with E-state index in [2.05, 4.69) is 15.5 Å². The number of ether oxygens (including phenoxy) is 1. The molecule has 31 heavy (non-hydrogen) atoms. The van der Waals surface area contributed by atoms with Gasteiger partial charge < -0.3 is 14.9 Å². The molecule has 2 aliphatic rings. The van der Waals surface area contributed by atoms with Crippen molar-refractivity contribution in [3.63, 3.8) is 0 Å². The Kier molecular flexibility index (Phi) is 6.07. The molecule has 2 atom stereocenters. The minimum absolute atomic E-state index is 0.0460. The Labute approximate surface area is 183 Å². The summed E-state index contributed by atoms with van der Waals surface area (Å²) >= 11 is 0. The molecule has 0 bridgehead atoms. The fourth-order valence-corrected chi connectivity index (χ4v) is 4.33. The Bertz CT molecular complexity index is 965. The molecular formula is C24H30N4O3. The predicted octanol–water partition coefficient (Wildman–Crippen LogP) is 3.32. The highest BCUT2D eigenvalue weighted by Gasteiger charge is 2.42. The Balaban J connectivity index is 1.63. The van der Waals surface area contributed by atoms with Crippen molar-refractivity contribution in [3.05, 3.63) is 59.3 Å². The van der Waals surface area contributed by atoms with Crippen molar-refractivity contribution in [2.45, 2.75) is 51.4 Å². The van der Waals surface area contributed by atoms with Crippen molar-refractivity contribution in [2.75, 3.05) is 25.1 Å². The lowest BCUT2D eigenvalue weighted by atomic mass is 9.93. The number of methoxy groups -OCH3 is 1. The predicted molar refractivity (Wildman–Crippen MR) is 121 cm³/mol. The van der Waals surface area contributed by atoms with Crippen LogP contribution in [0, 0.1) is 6.92 Å². The molecule has 1 unspecified atom stereocenters. The molecule has 0 aliphatic carbocycles. The number of pyridine rings is 1. The van der Waals surface area contributed by atoms with Gasteiger partial charge in [-0.15, -0.1) is 0 Å². The molecule has 1 aromatic carbocycles. The van der Waals surface area contributed by atoms with Gasteiger partial charge in [-0.05, 0) is 63.9 Å². The normalized spacial score (nSPS) is 22.5. The molecule has 4 rings (SSSR count). The highest BCUT2D eigenvalue weighted by atomic mass is 16.7. The van der Waals surface area contributed by atoms with Crippen LogP contribution in [0.1, 0.15) is 48.2 Å². The van der Waals surface area contributed by atoms with Gasteiger partial charge in [-0.2, -0.15) is 0 Å². The summed E-state index contributed by atoms with van der Waals surface area (Å²) in [6.07, 6.45) is 3.46. The van der Waals surface area contributed by atoms with E-state index in [1.165, 1.54) is 0 Å². The molecule has 3 heterocycles. The van der Waals surface area contributed by atoms with Crippen molar-refractivity contribution < 1.29 is 14.4 Å². The van der Waals surface area contributed by atoms with E-state index in [4.69, 9.17) is 9.57 Å². The van der Waals surface area contributed by atoms with Crippen LogP contribution in [0.15, 0.2) is 47.8 Å². The first-order chi connectivity index (χ1) is 14.9. The van der Waals surface area contributed by atoms with Gasteiger partial charge in [0.2, 0.25) is 0 Å².